The molecule has 0 saturated carbocycles. The quantitative estimate of drug-likeness (QED) is 0.254. The lowest BCUT2D eigenvalue weighted by atomic mass is 9.94. The maximum Gasteiger partial charge on any atom is 0.295 e. The van der Waals surface area contributed by atoms with Gasteiger partial charge in [-0.25, -0.2) is 0 Å². The van der Waals surface area contributed by atoms with Crippen molar-refractivity contribution in [3.8, 4) is 11.5 Å². The molecular weight excluding hydrogens is 466 g/mol. The Hall–Kier alpha value is -4.06. The number of likely N-dealkylation sites (tertiary alicyclic amines) is 1. The molecule has 3 aromatic rings. The Kier molecular flexibility index (Phi) is 6.99. The number of hydrogen-bond acceptors (Lipinski definition) is 5. The third-order valence-corrected chi connectivity index (χ3v) is 6.86. The third kappa shape index (κ3) is 4.96. The highest BCUT2D eigenvalue weighted by Crippen LogP contribution is 2.41. The lowest BCUT2D eigenvalue weighted by Gasteiger charge is -2.25. The fourth-order valence-electron chi connectivity index (χ4n) is 5.04. The number of hydrogen-bond donors (Lipinski definition) is 1. The lowest BCUT2D eigenvalue weighted by molar-refractivity contribution is -0.139. The van der Waals surface area contributed by atoms with Gasteiger partial charge >= 0.3 is 0 Å². The van der Waals surface area contributed by atoms with Crippen LogP contribution in [0, 0.1) is 0 Å². The van der Waals surface area contributed by atoms with E-state index in [0.29, 0.717) is 25.1 Å². The third-order valence-electron chi connectivity index (χ3n) is 6.86. The van der Waals surface area contributed by atoms with E-state index in [-0.39, 0.29) is 17.4 Å². The van der Waals surface area contributed by atoms with E-state index in [1.165, 1.54) is 0 Å². The summed E-state index contributed by atoms with van der Waals surface area (Å²) in [5.74, 6) is 0.0595. The summed E-state index contributed by atoms with van der Waals surface area (Å²) in [5.41, 5.74) is 3.40. The molecule has 6 heteroatoms. The number of rotatable bonds is 8. The van der Waals surface area contributed by atoms with Crippen molar-refractivity contribution >= 4 is 17.4 Å². The molecule has 2 aliphatic rings. The molecule has 0 bridgehead atoms. The molecule has 1 saturated heterocycles. The van der Waals surface area contributed by atoms with E-state index in [1.807, 2.05) is 80.6 Å². The number of nitrogens with zero attached hydrogens (tertiary/aromatic N) is 1. The number of aliphatic hydroxyl groups excluding tert-OH is 1. The van der Waals surface area contributed by atoms with Crippen molar-refractivity contribution in [2.45, 2.75) is 45.3 Å². The van der Waals surface area contributed by atoms with E-state index in [1.54, 1.807) is 11.0 Å². The second-order valence-electron chi connectivity index (χ2n) is 9.60. The van der Waals surface area contributed by atoms with Gasteiger partial charge in [0, 0.05) is 18.5 Å². The van der Waals surface area contributed by atoms with Gasteiger partial charge in [-0.1, -0.05) is 49.4 Å². The first-order chi connectivity index (χ1) is 18.0. The van der Waals surface area contributed by atoms with Gasteiger partial charge in [0.05, 0.1) is 18.2 Å². The van der Waals surface area contributed by atoms with Gasteiger partial charge in [0.2, 0.25) is 0 Å². The molecule has 0 aromatic heterocycles. The van der Waals surface area contributed by atoms with Crippen molar-refractivity contribution in [1.82, 2.24) is 4.90 Å². The zero-order valence-corrected chi connectivity index (χ0v) is 21.1. The molecule has 0 aliphatic carbocycles. The van der Waals surface area contributed by atoms with E-state index in [9.17, 15) is 14.7 Å². The Morgan fingerprint density at radius 1 is 1.05 bits per heavy atom. The van der Waals surface area contributed by atoms with Crippen molar-refractivity contribution in [3.05, 3.63) is 101 Å². The standard InChI is InChI=1S/C31H31NO5/c1-3-17-36-25-12-9-22(10-13-25)28-27(29(33)23-11-14-26-24(19-23)18-20(2)37-26)30(34)31(35)32(28)16-15-21-7-5-4-6-8-21/h4-14,19-20,28,33H,3,15-18H2,1-2H3/t20-,28-/m1/s1. The predicted octanol–water partition coefficient (Wildman–Crippen LogP) is 5.46. The minimum absolute atomic E-state index is 0.0596. The highest BCUT2D eigenvalue weighted by atomic mass is 16.5. The monoisotopic (exact) mass is 497 g/mol. The summed E-state index contributed by atoms with van der Waals surface area (Å²) < 4.78 is 11.5. The molecule has 0 spiro atoms. The topological polar surface area (TPSA) is 76.1 Å². The molecule has 1 amide bonds. The van der Waals surface area contributed by atoms with Crippen LogP contribution in [-0.2, 0) is 22.4 Å². The van der Waals surface area contributed by atoms with Crippen LogP contribution in [0.1, 0.15) is 48.6 Å². The molecule has 2 atom stereocenters. The van der Waals surface area contributed by atoms with Crippen molar-refractivity contribution in [3.63, 3.8) is 0 Å². The molecule has 5 rings (SSSR count). The van der Waals surface area contributed by atoms with Crippen LogP contribution < -0.4 is 9.47 Å². The summed E-state index contributed by atoms with van der Waals surface area (Å²) >= 11 is 0. The fraction of sp³-hybridized carbons (Fsp3) is 0.290. The predicted molar refractivity (Wildman–Crippen MR) is 142 cm³/mol. The van der Waals surface area contributed by atoms with Gasteiger partial charge in [0.25, 0.3) is 11.7 Å². The maximum atomic E-state index is 13.4. The molecule has 1 fully saturated rings. The molecule has 0 radical (unpaired) electrons. The van der Waals surface area contributed by atoms with Gasteiger partial charge in [0.1, 0.15) is 23.4 Å². The number of carbonyl (C=O) groups excluding carboxylic acids is 2. The van der Waals surface area contributed by atoms with Gasteiger partial charge in [-0.05, 0) is 66.8 Å². The zero-order chi connectivity index (χ0) is 25.9. The minimum Gasteiger partial charge on any atom is -0.507 e. The molecule has 3 aromatic carbocycles. The van der Waals surface area contributed by atoms with E-state index in [4.69, 9.17) is 9.47 Å². The van der Waals surface area contributed by atoms with Crippen molar-refractivity contribution in [2.75, 3.05) is 13.2 Å². The Morgan fingerprint density at radius 2 is 1.81 bits per heavy atom. The lowest BCUT2D eigenvalue weighted by Crippen LogP contribution is -2.31. The first kappa shape index (κ1) is 24.6. The number of benzene rings is 3. The minimum atomic E-state index is -0.702. The van der Waals surface area contributed by atoms with Gasteiger partial charge in [-0.3, -0.25) is 9.59 Å². The Balaban J connectivity index is 1.54. The van der Waals surface area contributed by atoms with Crippen LogP contribution in [-0.4, -0.2) is 41.0 Å². The fourth-order valence-corrected chi connectivity index (χ4v) is 5.04. The summed E-state index contributed by atoms with van der Waals surface area (Å²) in [4.78, 5) is 28.2. The Bertz CT molecular complexity index is 1330. The second kappa shape index (κ2) is 10.5. The average Bonchev–Trinajstić information content (AvgIpc) is 3.42. The molecule has 2 heterocycles. The number of ether oxygens (including phenoxy) is 2. The van der Waals surface area contributed by atoms with Gasteiger partial charge < -0.3 is 19.5 Å². The van der Waals surface area contributed by atoms with E-state index in [0.717, 1.165) is 41.0 Å². The van der Waals surface area contributed by atoms with Crippen LogP contribution in [0.15, 0.2) is 78.4 Å². The van der Waals surface area contributed by atoms with Gasteiger partial charge in [-0.15, -0.1) is 0 Å². The summed E-state index contributed by atoms with van der Waals surface area (Å²) in [6, 6.07) is 22.0. The van der Waals surface area contributed by atoms with E-state index in [2.05, 4.69) is 0 Å². The summed E-state index contributed by atoms with van der Waals surface area (Å²) in [6.07, 6.45) is 2.27. The summed E-state index contributed by atoms with van der Waals surface area (Å²) in [5, 5.41) is 11.4. The van der Waals surface area contributed by atoms with E-state index < -0.39 is 17.7 Å². The molecule has 190 valence electrons. The van der Waals surface area contributed by atoms with Crippen LogP contribution in [0.25, 0.3) is 5.76 Å². The van der Waals surface area contributed by atoms with Crippen LogP contribution >= 0.6 is 0 Å². The summed E-state index contributed by atoms with van der Waals surface area (Å²) in [7, 11) is 0. The second-order valence-corrected chi connectivity index (χ2v) is 9.60. The largest absolute Gasteiger partial charge is 0.507 e. The van der Waals surface area contributed by atoms with Crippen LogP contribution in [0.5, 0.6) is 11.5 Å². The average molecular weight is 498 g/mol. The smallest absolute Gasteiger partial charge is 0.295 e. The molecular formula is C31H31NO5. The van der Waals surface area contributed by atoms with Crippen molar-refractivity contribution < 1.29 is 24.2 Å². The Morgan fingerprint density at radius 3 is 2.54 bits per heavy atom. The first-order valence-corrected chi connectivity index (χ1v) is 12.8. The highest BCUT2D eigenvalue weighted by molar-refractivity contribution is 6.46. The molecule has 2 aliphatic heterocycles. The molecule has 1 N–H and O–H groups in total. The maximum absolute atomic E-state index is 13.4. The highest BCUT2D eigenvalue weighted by Gasteiger charge is 2.46. The first-order valence-electron chi connectivity index (χ1n) is 12.8. The molecule has 37 heavy (non-hydrogen) atoms. The molecule has 6 nitrogen and oxygen atoms in total. The van der Waals surface area contributed by atoms with Gasteiger partial charge in [-0.2, -0.15) is 0 Å². The van der Waals surface area contributed by atoms with Crippen molar-refractivity contribution in [2.24, 2.45) is 0 Å². The van der Waals surface area contributed by atoms with Crippen LogP contribution in [0.2, 0.25) is 0 Å². The number of carbonyl (C=O) groups is 2. The van der Waals surface area contributed by atoms with Crippen LogP contribution in [0.3, 0.4) is 0 Å². The van der Waals surface area contributed by atoms with E-state index >= 15 is 0 Å². The number of ketones is 1. The van der Waals surface area contributed by atoms with Gasteiger partial charge in [0.15, 0.2) is 0 Å². The van der Waals surface area contributed by atoms with Crippen LogP contribution in [0.4, 0.5) is 0 Å². The van der Waals surface area contributed by atoms with Crippen molar-refractivity contribution in [1.29, 1.82) is 0 Å². The zero-order valence-electron chi connectivity index (χ0n) is 21.1. The summed E-state index contributed by atoms with van der Waals surface area (Å²) in [6.45, 7) is 4.99. The number of fused-ring (bicyclic) bond motifs is 1. The number of aliphatic hydroxyl groups is 1. The number of amides is 1. The molecule has 0 unspecified atom stereocenters. The normalized spacial score (nSPS) is 20.1. The SMILES string of the molecule is CCCOc1ccc([C@@H]2C(=C(O)c3ccc4c(c3)C[C@@H](C)O4)C(=O)C(=O)N2CCc2ccccc2)cc1. The Labute approximate surface area is 217 Å². The number of Topliss-reactive ketones (excluding diaryl/α,β-unsaturated/α-hetero) is 1.